The molecule has 0 bridgehead atoms. The van der Waals surface area contributed by atoms with Gasteiger partial charge in [0.05, 0.1) is 10.9 Å². The maximum atomic E-state index is 12.5. The van der Waals surface area contributed by atoms with Gasteiger partial charge in [0.2, 0.25) is 0 Å². The maximum Gasteiger partial charge on any atom is 0.262 e. The molecule has 0 aliphatic carbocycles. The number of halogens is 1. The van der Waals surface area contributed by atoms with E-state index in [9.17, 15) is 22.7 Å². The van der Waals surface area contributed by atoms with Crippen LogP contribution < -0.4 is 9.99 Å². The van der Waals surface area contributed by atoms with E-state index in [1.807, 2.05) is 0 Å². The molecule has 0 aliphatic heterocycles. The van der Waals surface area contributed by atoms with Crippen LogP contribution in [0.1, 0.15) is 0 Å². The summed E-state index contributed by atoms with van der Waals surface area (Å²) in [4.78, 5) is 15.4. The summed E-state index contributed by atoms with van der Waals surface area (Å²) in [5, 5.41) is 9.95. The fourth-order valence-electron chi connectivity index (χ4n) is 0.828. The summed E-state index contributed by atoms with van der Waals surface area (Å²) in [6.07, 6.45) is 0. The van der Waals surface area contributed by atoms with Gasteiger partial charge < -0.3 is 9.90 Å². The molecule has 1 rings (SSSR count). The van der Waals surface area contributed by atoms with E-state index in [2.05, 4.69) is 4.84 Å². The first-order valence-electron chi connectivity index (χ1n) is 4.01. The topological polar surface area (TPSA) is 95.5 Å². The van der Waals surface area contributed by atoms with Crippen LogP contribution in [0.25, 0.3) is 0 Å². The molecule has 1 N–H and O–H groups in total. The lowest BCUT2D eigenvalue weighted by Gasteiger charge is -2.07. The minimum Gasteiger partial charge on any atom is -0.548 e. The molecule has 6 nitrogen and oxygen atoms in total. The lowest BCUT2D eigenvalue weighted by atomic mass is 10.4. The van der Waals surface area contributed by atoms with Gasteiger partial charge in [-0.3, -0.25) is 4.84 Å². The fraction of sp³-hybridized carbons (Fsp3) is 0.125. The third-order valence-electron chi connectivity index (χ3n) is 1.48. The van der Waals surface area contributed by atoms with Gasteiger partial charge in [0.15, 0.2) is 0 Å². The first-order chi connectivity index (χ1) is 7.42. The first-order valence-corrected chi connectivity index (χ1v) is 5.49. The molecule has 88 valence electrons. The normalized spacial score (nSPS) is 11.3. The molecular weight excluding hydrogens is 241 g/mol. The van der Waals surface area contributed by atoms with Crippen molar-refractivity contribution in [3.63, 3.8) is 0 Å². The standard InChI is InChI=1S/C8H8FNO5S/c9-6-1-3-7(4-2-6)16(13,14)10-15-5-8(11)12/h1-4,10H,5H2,(H,11,12)/p-1. The highest BCUT2D eigenvalue weighted by Crippen LogP contribution is 2.09. The van der Waals surface area contributed by atoms with Gasteiger partial charge in [-0.15, -0.1) is 0 Å². The highest BCUT2D eigenvalue weighted by molar-refractivity contribution is 7.89. The number of carbonyl (C=O) groups excluding carboxylic acids is 1. The Morgan fingerprint density at radius 1 is 1.38 bits per heavy atom. The molecule has 0 fully saturated rings. The van der Waals surface area contributed by atoms with E-state index < -0.39 is 28.4 Å². The first kappa shape index (κ1) is 12.6. The summed E-state index contributed by atoms with van der Waals surface area (Å²) < 4.78 is 35.2. The molecule has 0 spiro atoms. The molecule has 0 unspecified atom stereocenters. The second-order valence-electron chi connectivity index (χ2n) is 2.70. The molecule has 0 atom stereocenters. The Bertz CT molecular complexity index is 470. The lowest BCUT2D eigenvalue weighted by molar-refractivity contribution is -0.310. The molecular formula is C8H7FNO5S-. The molecule has 1 aromatic carbocycles. The van der Waals surface area contributed by atoms with Crippen LogP contribution in [0.5, 0.6) is 0 Å². The van der Waals surface area contributed by atoms with Crippen molar-refractivity contribution in [1.82, 2.24) is 4.89 Å². The van der Waals surface area contributed by atoms with Crippen molar-refractivity contribution < 1.29 is 27.5 Å². The molecule has 8 heteroatoms. The zero-order chi connectivity index (χ0) is 12.2. The van der Waals surface area contributed by atoms with Crippen molar-refractivity contribution in [3.8, 4) is 0 Å². The van der Waals surface area contributed by atoms with Crippen LogP contribution >= 0.6 is 0 Å². The number of rotatable bonds is 5. The van der Waals surface area contributed by atoms with Gasteiger partial charge in [-0.1, -0.05) is 4.89 Å². The van der Waals surface area contributed by atoms with E-state index in [0.29, 0.717) is 0 Å². The van der Waals surface area contributed by atoms with E-state index in [1.165, 1.54) is 0 Å². The van der Waals surface area contributed by atoms with Crippen molar-refractivity contribution in [2.24, 2.45) is 0 Å². The Balaban J connectivity index is 2.71. The molecule has 0 aliphatic rings. The SMILES string of the molecule is O=C([O-])CONS(=O)(=O)c1ccc(F)cc1. The number of carboxylic acids is 1. The molecule has 0 aromatic heterocycles. The number of carbonyl (C=O) groups is 1. The number of hydrogen-bond acceptors (Lipinski definition) is 5. The van der Waals surface area contributed by atoms with Crippen LogP contribution in [-0.4, -0.2) is 21.0 Å². The van der Waals surface area contributed by atoms with Crippen molar-refractivity contribution >= 4 is 16.0 Å². The number of benzene rings is 1. The van der Waals surface area contributed by atoms with Gasteiger partial charge in [-0.2, -0.15) is 0 Å². The molecule has 0 heterocycles. The Morgan fingerprint density at radius 2 is 1.94 bits per heavy atom. The van der Waals surface area contributed by atoms with Crippen molar-refractivity contribution in [3.05, 3.63) is 30.1 Å². The predicted octanol–water partition coefficient (Wildman–Crippen LogP) is -1.21. The van der Waals surface area contributed by atoms with Crippen molar-refractivity contribution in [1.29, 1.82) is 0 Å². The average molecular weight is 248 g/mol. The number of hydrogen-bond donors (Lipinski definition) is 1. The number of sulfonamides is 1. The second-order valence-corrected chi connectivity index (χ2v) is 4.35. The summed E-state index contributed by atoms with van der Waals surface area (Å²) >= 11 is 0. The summed E-state index contributed by atoms with van der Waals surface area (Å²) in [5.74, 6) is -2.16. The quantitative estimate of drug-likeness (QED) is 0.659. The molecule has 0 saturated heterocycles. The lowest BCUT2D eigenvalue weighted by Crippen LogP contribution is -2.33. The Hall–Kier alpha value is -1.51. The number of carboxylic acid groups (broad SMARTS) is 1. The van der Waals surface area contributed by atoms with Gasteiger partial charge in [-0.05, 0) is 24.3 Å². The summed E-state index contributed by atoms with van der Waals surface area (Å²) in [5.41, 5.74) is 0. The predicted molar refractivity (Wildman–Crippen MR) is 47.7 cm³/mol. The minimum absolute atomic E-state index is 0.243. The van der Waals surface area contributed by atoms with Gasteiger partial charge >= 0.3 is 0 Å². The second kappa shape index (κ2) is 5.01. The molecule has 16 heavy (non-hydrogen) atoms. The molecule has 0 saturated carbocycles. The van der Waals surface area contributed by atoms with Crippen LogP contribution in [0, 0.1) is 5.82 Å². The van der Waals surface area contributed by atoms with Crippen LogP contribution in [0.4, 0.5) is 4.39 Å². The largest absolute Gasteiger partial charge is 0.548 e. The zero-order valence-corrected chi connectivity index (χ0v) is 8.66. The van der Waals surface area contributed by atoms with Crippen molar-refractivity contribution in [2.45, 2.75) is 4.90 Å². The summed E-state index contributed by atoms with van der Waals surface area (Å²) in [6, 6.07) is 3.93. The number of nitrogens with one attached hydrogen (secondary N) is 1. The van der Waals surface area contributed by atoms with E-state index in [0.717, 1.165) is 24.3 Å². The van der Waals surface area contributed by atoms with E-state index in [1.54, 1.807) is 4.89 Å². The highest BCUT2D eigenvalue weighted by atomic mass is 32.2. The third-order valence-corrected chi connectivity index (χ3v) is 2.71. The zero-order valence-electron chi connectivity index (χ0n) is 7.84. The van der Waals surface area contributed by atoms with Crippen LogP contribution in [-0.2, 0) is 19.7 Å². The highest BCUT2D eigenvalue weighted by Gasteiger charge is 2.13. The Kier molecular flexibility index (Phi) is 3.93. The molecule has 0 amide bonds. The van der Waals surface area contributed by atoms with Gasteiger partial charge in [-0.25, -0.2) is 12.8 Å². The minimum atomic E-state index is -4.00. The van der Waals surface area contributed by atoms with E-state index >= 15 is 0 Å². The average Bonchev–Trinajstić information content (AvgIpc) is 2.17. The van der Waals surface area contributed by atoms with Gasteiger partial charge in [0, 0.05) is 0 Å². The molecule has 1 aromatic rings. The van der Waals surface area contributed by atoms with Gasteiger partial charge in [0.25, 0.3) is 10.0 Å². The monoisotopic (exact) mass is 248 g/mol. The third kappa shape index (κ3) is 3.57. The fourth-order valence-corrected chi connectivity index (χ4v) is 1.63. The smallest absolute Gasteiger partial charge is 0.262 e. The van der Waals surface area contributed by atoms with E-state index in [-0.39, 0.29) is 4.90 Å². The Morgan fingerprint density at radius 3 is 2.44 bits per heavy atom. The molecule has 0 radical (unpaired) electrons. The van der Waals surface area contributed by atoms with Crippen LogP contribution in [0.15, 0.2) is 29.2 Å². The van der Waals surface area contributed by atoms with Crippen LogP contribution in [0.3, 0.4) is 0 Å². The summed E-state index contributed by atoms with van der Waals surface area (Å²) in [6.45, 7) is -0.916. The Labute approximate surface area is 90.7 Å². The van der Waals surface area contributed by atoms with E-state index in [4.69, 9.17) is 0 Å². The summed E-state index contributed by atoms with van der Waals surface area (Å²) in [7, 11) is -4.00. The van der Waals surface area contributed by atoms with Crippen LogP contribution in [0.2, 0.25) is 0 Å². The maximum absolute atomic E-state index is 12.5. The van der Waals surface area contributed by atoms with Gasteiger partial charge in [0.1, 0.15) is 12.4 Å². The van der Waals surface area contributed by atoms with Crippen molar-refractivity contribution in [2.75, 3.05) is 6.61 Å². The number of aliphatic carboxylic acids is 1.